The summed E-state index contributed by atoms with van der Waals surface area (Å²) in [7, 11) is -4.00. The van der Waals surface area contributed by atoms with Gasteiger partial charge in [0.05, 0.1) is 23.8 Å². The minimum Gasteiger partial charge on any atom is -0.379 e. The van der Waals surface area contributed by atoms with Crippen LogP contribution in [0, 0.1) is 13.8 Å². The smallest absolute Gasteiger partial charge is 0.264 e. The van der Waals surface area contributed by atoms with E-state index in [0.717, 1.165) is 59.4 Å². The number of sulfonamides is 1. The van der Waals surface area contributed by atoms with E-state index < -0.39 is 15.9 Å². The van der Waals surface area contributed by atoms with Gasteiger partial charge in [0.1, 0.15) is 6.54 Å². The molecule has 1 aliphatic rings. The van der Waals surface area contributed by atoms with E-state index in [-0.39, 0.29) is 11.4 Å². The lowest BCUT2D eigenvalue weighted by Gasteiger charge is -2.26. The zero-order chi connectivity index (χ0) is 26.4. The number of ether oxygens (including phenoxy) is 1. The molecular weight excluding hydrogens is 510 g/mol. The Morgan fingerprint density at radius 2 is 1.68 bits per heavy atom. The van der Waals surface area contributed by atoms with Crippen LogP contribution in [0.3, 0.4) is 0 Å². The molecule has 0 saturated carbocycles. The van der Waals surface area contributed by atoms with Crippen molar-refractivity contribution in [1.29, 1.82) is 0 Å². The Balaban J connectivity index is 1.49. The van der Waals surface area contributed by atoms with E-state index in [0.29, 0.717) is 17.3 Å². The topological polar surface area (TPSA) is 79.0 Å². The molecule has 0 radical (unpaired) electrons. The predicted octanol–water partition coefficient (Wildman–Crippen LogP) is 4.30. The monoisotopic (exact) mass is 541 g/mol. The zero-order valence-electron chi connectivity index (χ0n) is 21.1. The van der Waals surface area contributed by atoms with Crippen LogP contribution in [-0.2, 0) is 32.6 Å². The van der Waals surface area contributed by atoms with Crippen LogP contribution in [-0.4, -0.2) is 52.1 Å². The Bertz CT molecular complexity index is 1340. The molecule has 1 heterocycles. The third-order valence-corrected chi connectivity index (χ3v) is 8.50. The molecule has 0 bridgehead atoms. The maximum Gasteiger partial charge on any atom is 0.264 e. The van der Waals surface area contributed by atoms with E-state index in [1.54, 1.807) is 12.1 Å². The third kappa shape index (κ3) is 7.11. The van der Waals surface area contributed by atoms with Gasteiger partial charge in [-0.25, -0.2) is 8.42 Å². The number of rotatable bonds is 9. The molecule has 1 N–H and O–H groups in total. The molecule has 0 spiro atoms. The Kier molecular flexibility index (Phi) is 8.87. The van der Waals surface area contributed by atoms with Crippen molar-refractivity contribution in [2.45, 2.75) is 31.8 Å². The van der Waals surface area contributed by atoms with E-state index in [4.69, 9.17) is 16.3 Å². The Labute approximate surface area is 224 Å². The second-order valence-corrected chi connectivity index (χ2v) is 11.5. The third-order valence-electron chi connectivity index (χ3n) is 6.46. The van der Waals surface area contributed by atoms with Crippen molar-refractivity contribution in [2.75, 3.05) is 37.2 Å². The van der Waals surface area contributed by atoms with E-state index in [9.17, 15) is 13.2 Å². The number of morpholine rings is 1. The number of nitrogens with one attached hydrogen (secondary N) is 1. The molecule has 4 rings (SSSR count). The summed E-state index contributed by atoms with van der Waals surface area (Å²) in [5.74, 6) is -0.394. The fourth-order valence-electron chi connectivity index (χ4n) is 4.17. The SMILES string of the molecule is Cc1ccc(N(CC(=O)NCc2cccc(CN3CCOCC3)c2)S(=O)(=O)c2ccc(Cl)cc2)cc1C. The molecule has 196 valence electrons. The van der Waals surface area contributed by atoms with Gasteiger partial charge in [0.25, 0.3) is 10.0 Å². The summed E-state index contributed by atoms with van der Waals surface area (Å²) in [6.07, 6.45) is 0. The summed E-state index contributed by atoms with van der Waals surface area (Å²) in [6.45, 7) is 7.93. The molecular formula is C28H32ClN3O4S. The Morgan fingerprint density at radius 3 is 2.38 bits per heavy atom. The number of nitrogens with zero attached hydrogens (tertiary/aromatic N) is 2. The molecule has 3 aromatic carbocycles. The van der Waals surface area contributed by atoms with Crippen molar-refractivity contribution in [3.63, 3.8) is 0 Å². The second kappa shape index (κ2) is 12.1. The van der Waals surface area contributed by atoms with Crippen molar-refractivity contribution in [2.24, 2.45) is 0 Å². The first-order valence-corrected chi connectivity index (χ1v) is 14.0. The standard InChI is InChI=1S/C28H32ClN3O4S/c1-21-6-9-26(16-22(21)2)32(37(34,35)27-10-7-25(29)8-11-27)20-28(33)30-18-23-4-3-5-24(17-23)19-31-12-14-36-15-13-31/h3-11,16-17H,12-15,18-20H2,1-2H3,(H,30,33). The molecule has 1 saturated heterocycles. The first-order chi connectivity index (χ1) is 17.7. The molecule has 0 unspecified atom stereocenters. The number of hydrogen-bond donors (Lipinski definition) is 1. The number of halogens is 1. The summed E-state index contributed by atoms with van der Waals surface area (Å²) >= 11 is 5.97. The average Bonchev–Trinajstić information content (AvgIpc) is 2.89. The first-order valence-electron chi connectivity index (χ1n) is 12.2. The lowest BCUT2D eigenvalue weighted by Crippen LogP contribution is -2.40. The fourth-order valence-corrected chi connectivity index (χ4v) is 5.71. The highest BCUT2D eigenvalue weighted by atomic mass is 35.5. The molecule has 0 aromatic heterocycles. The van der Waals surface area contributed by atoms with Crippen LogP contribution in [0.15, 0.2) is 71.6 Å². The molecule has 37 heavy (non-hydrogen) atoms. The number of carbonyl (C=O) groups is 1. The van der Waals surface area contributed by atoms with Gasteiger partial charge in [-0.1, -0.05) is 41.9 Å². The quantitative estimate of drug-likeness (QED) is 0.437. The molecule has 3 aromatic rings. The fraction of sp³-hybridized carbons (Fsp3) is 0.321. The van der Waals surface area contributed by atoms with Gasteiger partial charge in [-0.3, -0.25) is 14.0 Å². The highest BCUT2D eigenvalue weighted by Gasteiger charge is 2.27. The van der Waals surface area contributed by atoms with Crippen molar-refractivity contribution in [3.05, 3.63) is 94.0 Å². The van der Waals surface area contributed by atoms with Crippen LogP contribution in [0.5, 0.6) is 0 Å². The van der Waals surface area contributed by atoms with Crippen LogP contribution in [0.25, 0.3) is 0 Å². The Morgan fingerprint density at radius 1 is 0.973 bits per heavy atom. The molecule has 0 atom stereocenters. The van der Waals surface area contributed by atoms with Crippen molar-refractivity contribution < 1.29 is 17.9 Å². The highest BCUT2D eigenvalue weighted by Crippen LogP contribution is 2.26. The molecule has 1 fully saturated rings. The highest BCUT2D eigenvalue weighted by molar-refractivity contribution is 7.92. The summed E-state index contributed by atoms with van der Waals surface area (Å²) in [4.78, 5) is 15.4. The maximum absolute atomic E-state index is 13.6. The zero-order valence-corrected chi connectivity index (χ0v) is 22.7. The number of aryl methyl sites for hydroxylation is 2. The number of carbonyl (C=O) groups excluding carboxylic acids is 1. The molecule has 1 amide bonds. The van der Waals surface area contributed by atoms with E-state index in [2.05, 4.69) is 22.3 Å². The number of amides is 1. The lowest BCUT2D eigenvalue weighted by molar-refractivity contribution is -0.119. The minimum atomic E-state index is -4.00. The van der Waals surface area contributed by atoms with Crippen LogP contribution < -0.4 is 9.62 Å². The number of benzene rings is 3. The van der Waals surface area contributed by atoms with E-state index in [1.165, 1.54) is 24.3 Å². The van der Waals surface area contributed by atoms with Gasteiger partial charge in [-0.15, -0.1) is 0 Å². The number of anilines is 1. The summed E-state index contributed by atoms with van der Waals surface area (Å²) in [5.41, 5.74) is 4.52. The minimum absolute atomic E-state index is 0.0683. The van der Waals surface area contributed by atoms with Crippen LogP contribution in [0.1, 0.15) is 22.3 Å². The van der Waals surface area contributed by atoms with Crippen LogP contribution >= 0.6 is 11.6 Å². The largest absolute Gasteiger partial charge is 0.379 e. The first kappa shape index (κ1) is 27.1. The van der Waals surface area contributed by atoms with Gasteiger partial charge in [-0.05, 0) is 72.5 Å². The van der Waals surface area contributed by atoms with Gasteiger partial charge in [-0.2, -0.15) is 0 Å². The predicted molar refractivity (Wildman–Crippen MR) is 146 cm³/mol. The van der Waals surface area contributed by atoms with Gasteiger partial charge in [0, 0.05) is 31.2 Å². The molecule has 1 aliphatic heterocycles. The van der Waals surface area contributed by atoms with Crippen molar-refractivity contribution in [3.8, 4) is 0 Å². The normalized spacial score (nSPS) is 14.4. The second-order valence-electron chi connectivity index (χ2n) is 9.22. The lowest BCUT2D eigenvalue weighted by atomic mass is 10.1. The van der Waals surface area contributed by atoms with Crippen LogP contribution in [0.2, 0.25) is 5.02 Å². The van der Waals surface area contributed by atoms with Crippen molar-refractivity contribution in [1.82, 2.24) is 10.2 Å². The summed E-state index contributed by atoms with van der Waals surface area (Å²) in [5, 5.41) is 3.32. The molecule has 0 aliphatic carbocycles. The Hall–Kier alpha value is -2.91. The maximum atomic E-state index is 13.6. The number of hydrogen-bond acceptors (Lipinski definition) is 5. The van der Waals surface area contributed by atoms with Gasteiger partial charge in [0.2, 0.25) is 5.91 Å². The average molecular weight is 542 g/mol. The van der Waals surface area contributed by atoms with Crippen LogP contribution in [0.4, 0.5) is 5.69 Å². The summed E-state index contributed by atoms with van der Waals surface area (Å²) < 4.78 is 33.7. The van der Waals surface area contributed by atoms with E-state index in [1.807, 2.05) is 32.0 Å². The van der Waals surface area contributed by atoms with Crippen molar-refractivity contribution >= 4 is 33.2 Å². The molecule has 7 nitrogen and oxygen atoms in total. The van der Waals surface area contributed by atoms with E-state index >= 15 is 0 Å². The van der Waals surface area contributed by atoms with Gasteiger partial charge in [0.15, 0.2) is 0 Å². The van der Waals surface area contributed by atoms with Gasteiger partial charge >= 0.3 is 0 Å². The summed E-state index contributed by atoms with van der Waals surface area (Å²) in [6, 6.07) is 19.4. The molecule has 9 heteroatoms. The van der Waals surface area contributed by atoms with Gasteiger partial charge < -0.3 is 10.1 Å².